The molecule has 3 aromatic rings. The fourth-order valence-electron chi connectivity index (χ4n) is 5.93. The van der Waals surface area contributed by atoms with Crippen LogP contribution in [0.25, 0.3) is 0 Å². The zero-order valence-corrected chi connectivity index (χ0v) is 22.3. The van der Waals surface area contributed by atoms with Gasteiger partial charge in [-0.3, -0.25) is 14.6 Å². The van der Waals surface area contributed by atoms with Crippen molar-refractivity contribution in [1.82, 2.24) is 20.1 Å². The Bertz CT molecular complexity index is 1190. The molecule has 2 aliphatic rings. The second kappa shape index (κ2) is 11.9. The van der Waals surface area contributed by atoms with Crippen LogP contribution in [0, 0.1) is 5.41 Å². The van der Waals surface area contributed by atoms with Crippen molar-refractivity contribution in [2.75, 3.05) is 26.2 Å². The number of carbonyl (C=O) groups is 2. The molecule has 1 spiro atoms. The van der Waals surface area contributed by atoms with Crippen molar-refractivity contribution in [3.63, 3.8) is 0 Å². The average Bonchev–Trinajstić information content (AvgIpc) is 3.26. The summed E-state index contributed by atoms with van der Waals surface area (Å²) in [4.78, 5) is 35.2. The normalized spacial score (nSPS) is 18.9. The van der Waals surface area contributed by atoms with Gasteiger partial charge in [0, 0.05) is 32.0 Å². The summed E-state index contributed by atoms with van der Waals surface area (Å²) in [5.74, 6) is 0.151. The molecule has 2 fully saturated rings. The molecule has 2 atom stereocenters. The minimum Gasteiger partial charge on any atom is -0.349 e. The first-order chi connectivity index (χ1) is 18.5. The Morgan fingerprint density at radius 1 is 0.921 bits per heavy atom. The molecular formula is C32H38N4O2. The van der Waals surface area contributed by atoms with E-state index in [1.807, 2.05) is 78.7 Å². The van der Waals surface area contributed by atoms with Gasteiger partial charge < -0.3 is 15.1 Å². The van der Waals surface area contributed by atoms with E-state index in [2.05, 4.69) is 27.3 Å². The number of hydrogen-bond acceptors (Lipinski definition) is 4. The summed E-state index contributed by atoms with van der Waals surface area (Å²) in [6.07, 6.45) is 7.21. The van der Waals surface area contributed by atoms with Crippen LogP contribution < -0.4 is 5.32 Å². The standard InChI is InChI=1S/C32H38N4O2/c1-25(27-10-4-2-5-11-27)30(37)34-29(28-12-6-3-7-13-28)14-19-35-20-15-32(16-21-35)17-22-36(31(32)38)24-26-9-8-18-33-23-26/h2-13,18,23,25,29H,14-17,19-22,24H2,1H3,(H,34,37)/t25-,29+/m1/s1. The topological polar surface area (TPSA) is 65.5 Å². The third-order valence-corrected chi connectivity index (χ3v) is 8.46. The maximum Gasteiger partial charge on any atom is 0.229 e. The van der Waals surface area contributed by atoms with E-state index in [0.717, 1.165) is 68.6 Å². The fraction of sp³-hybridized carbons (Fsp3) is 0.406. The summed E-state index contributed by atoms with van der Waals surface area (Å²) >= 11 is 0. The lowest BCUT2D eigenvalue weighted by atomic mass is 9.77. The number of nitrogens with zero attached hydrogens (tertiary/aromatic N) is 3. The monoisotopic (exact) mass is 510 g/mol. The summed E-state index contributed by atoms with van der Waals surface area (Å²) in [6.45, 7) is 6.17. The molecule has 0 saturated carbocycles. The lowest BCUT2D eigenvalue weighted by Crippen LogP contribution is -2.45. The highest BCUT2D eigenvalue weighted by molar-refractivity contribution is 5.85. The van der Waals surface area contributed by atoms with Crippen LogP contribution in [-0.4, -0.2) is 52.8 Å². The molecule has 2 saturated heterocycles. The van der Waals surface area contributed by atoms with E-state index in [4.69, 9.17) is 0 Å². The van der Waals surface area contributed by atoms with E-state index >= 15 is 0 Å². The van der Waals surface area contributed by atoms with Crippen molar-refractivity contribution in [1.29, 1.82) is 0 Å². The largest absolute Gasteiger partial charge is 0.349 e. The summed E-state index contributed by atoms with van der Waals surface area (Å²) in [6, 6.07) is 24.1. The molecule has 5 rings (SSSR count). The SMILES string of the molecule is C[C@@H](C(=O)N[C@@H](CCN1CCC2(CC1)CCN(Cc1cccnc1)C2=O)c1ccccc1)c1ccccc1. The van der Waals surface area contributed by atoms with Crippen LogP contribution in [0.15, 0.2) is 85.2 Å². The predicted octanol–water partition coefficient (Wildman–Crippen LogP) is 4.95. The number of likely N-dealkylation sites (tertiary alicyclic amines) is 2. The molecule has 0 aliphatic carbocycles. The van der Waals surface area contributed by atoms with Crippen LogP contribution in [0.3, 0.4) is 0 Å². The Morgan fingerprint density at radius 3 is 2.24 bits per heavy atom. The number of pyridine rings is 1. The lowest BCUT2D eigenvalue weighted by Gasteiger charge is -2.38. The third-order valence-electron chi connectivity index (χ3n) is 8.46. The van der Waals surface area contributed by atoms with Gasteiger partial charge in [0.1, 0.15) is 0 Å². The van der Waals surface area contributed by atoms with E-state index in [-0.39, 0.29) is 23.3 Å². The fourth-order valence-corrected chi connectivity index (χ4v) is 5.93. The molecule has 2 aliphatic heterocycles. The van der Waals surface area contributed by atoms with Gasteiger partial charge in [0.25, 0.3) is 0 Å². The molecule has 1 N–H and O–H groups in total. The quantitative estimate of drug-likeness (QED) is 0.443. The first-order valence-electron chi connectivity index (χ1n) is 13.8. The highest BCUT2D eigenvalue weighted by Crippen LogP contribution is 2.42. The molecule has 198 valence electrons. The summed E-state index contributed by atoms with van der Waals surface area (Å²) in [5, 5.41) is 3.32. The van der Waals surface area contributed by atoms with Gasteiger partial charge >= 0.3 is 0 Å². The Balaban J connectivity index is 1.16. The van der Waals surface area contributed by atoms with Crippen molar-refractivity contribution in [3.05, 3.63) is 102 Å². The van der Waals surface area contributed by atoms with Gasteiger partial charge in [-0.1, -0.05) is 66.7 Å². The van der Waals surface area contributed by atoms with E-state index in [1.165, 1.54) is 0 Å². The van der Waals surface area contributed by atoms with E-state index in [9.17, 15) is 9.59 Å². The summed E-state index contributed by atoms with van der Waals surface area (Å²) < 4.78 is 0. The smallest absolute Gasteiger partial charge is 0.229 e. The average molecular weight is 511 g/mol. The summed E-state index contributed by atoms with van der Waals surface area (Å²) in [5.41, 5.74) is 3.03. The minimum atomic E-state index is -0.211. The second-order valence-electron chi connectivity index (χ2n) is 10.9. The summed E-state index contributed by atoms with van der Waals surface area (Å²) in [7, 11) is 0. The molecule has 6 heteroatoms. The first-order valence-corrected chi connectivity index (χ1v) is 13.8. The molecule has 2 aromatic carbocycles. The maximum atomic E-state index is 13.4. The number of hydrogen-bond donors (Lipinski definition) is 1. The Hall–Kier alpha value is -3.51. The van der Waals surface area contributed by atoms with Crippen molar-refractivity contribution in [3.8, 4) is 0 Å². The van der Waals surface area contributed by atoms with Crippen LogP contribution in [0.1, 0.15) is 61.3 Å². The molecule has 2 amide bonds. The Kier molecular flexibility index (Phi) is 8.18. The van der Waals surface area contributed by atoms with Crippen molar-refractivity contribution in [2.45, 2.75) is 51.1 Å². The number of nitrogens with one attached hydrogen (secondary N) is 1. The number of amides is 2. The van der Waals surface area contributed by atoms with Crippen molar-refractivity contribution in [2.24, 2.45) is 5.41 Å². The number of piperidine rings is 1. The van der Waals surface area contributed by atoms with Crippen LogP contribution in [-0.2, 0) is 16.1 Å². The number of aromatic nitrogens is 1. The number of carbonyl (C=O) groups excluding carboxylic acids is 2. The lowest BCUT2D eigenvalue weighted by molar-refractivity contribution is -0.139. The van der Waals surface area contributed by atoms with Gasteiger partial charge in [-0.15, -0.1) is 0 Å². The third kappa shape index (κ3) is 5.97. The predicted molar refractivity (Wildman–Crippen MR) is 149 cm³/mol. The molecule has 3 heterocycles. The highest BCUT2D eigenvalue weighted by atomic mass is 16.2. The van der Waals surface area contributed by atoms with Gasteiger partial charge in [0.05, 0.1) is 17.4 Å². The van der Waals surface area contributed by atoms with Crippen LogP contribution in [0.4, 0.5) is 0 Å². The maximum absolute atomic E-state index is 13.4. The molecule has 0 unspecified atom stereocenters. The van der Waals surface area contributed by atoms with Crippen LogP contribution >= 0.6 is 0 Å². The first kappa shape index (κ1) is 26.1. The van der Waals surface area contributed by atoms with E-state index in [0.29, 0.717) is 12.5 Å². The van der Waals surface area contributed by atoms with Crippen molar-refractivity contribution >= 4 is 11.8 Å². The van der Waals surface area contributed by atoms with Gasteiger partial charge in [0.2, 0.25) is 11.8 Å². The molecule has 6 nitrogen and oxygen atoms in total. The molecule has 0 radical (unpaired) electrons. The molecule has 38 heavy (non-hydrogen) atoms. The zero-order valence-electron chi connectivity index (χ0n) is 22.3. The van der Waals surface area contributed by atoms with Crippen molar-refractivity contribution < 1.29 is 9.59 Å². The Morgan fingerprint density at radius 2 is 1.58 bits per heavy atom. The van der Waals surface area contributed by atoms with Gasteiger partial charge in [-0.25, -0.2) is 0 Å². The highest BCUT2D eigenvalue weighted by Gasteiger charge is 2.47. The number of rotatable bonds is 9. The minimum absolute atomic E-state index is 0.0474. The van der Waals surface area contributed by atoms with Crippen LogP contribution in [0.2, 0.25) is 0 Å². The van der Waals surface area contributed by atoms with Gasteiger partial charge in [0.15, 0.2) is 0 Å². The van der Waals surface area contributed by atoms with Gasteiger partial charge in [-0.2, -0.15) is 0 Å². The second-order valence-corrected chi connectivity index (χ2v) is 10.9. The van der Waals surface area contributed by atoms with Gasteiger partial charge in [-0.05, 0) is 68.5 Å². The molecule has 0 bridgehead atoms. The Labute approximate surface area is 226 Å². The van der Waals surface area contributed by atoms with E-state index in [1.54, 1.807) is 6.20 Å². The number of benzene rings is 2. The molecular weight excluding hydrogens is 472 g/mol. The molecule has 1 aromatic heterocycles. The van der Waals surface area contributed by atoms with E-state index < -0.39 is 0 Å². The zero-order chi connectivity index (χ0) is 26.4. The van der Waals surface area contributed by atoms with Crippen LogP contribution in [0.5, 0.6) is 0 Å².